The number of hydrogen-bond donors (Lipinski definition) is 1. The van der Waals surface area contributed by atoms with Gasteiger partial charge in [0.15, 0.2) is 5.65 Å². The number of fused-ring (bicyclic) bond motifs is 1. The number of para-hydroxylation sites is 1. The molecule has 38 heavy (non-hydrogen) atoms. The maximum atomic E-state index is 15.4. The minimum absolute atomic E-state index is 0.192. The van der Waals surface area contributed by atoms with Crippen LogP contribution < -0.4 is 10.5 Å². The third-order valence-electron chi connectivity index (χ3n) is 8.21. The van der Waals surface area contributed by atoms with Gasteiger partial charge in [-0.3, -0.25) is 4.90 Å². The Balaban J connectivity index is 1.25. The highest BCUT2D eigenvalue weighted by Crippen LogP contribution is 2.38. The molecule has 0 spiro atoms. The quantitative estimate of drug-likeness (QED) is 0.381. The van der Waals surface area contributed by atoms with Crippen molar-refractivity contribution in [3.63, 3.8) is 0 Å². The summed E-state index contributed by atoms with van der Waals surface area (Å²) < 4.78 is 24.3. The van der Waals surface area contributed by atoms with Gasteiger partial charge >= 0.3 is 0 Å². The molecular formula is C29H35FN7O+. The molecule has 6 rings (SSSR count). The first-order chi connectivity index (χ1) is 18.4. The summed E-state index contributed by atoms with van der Waals surface area (Å²) >= 11 is 0. The van der Waals surface area contributed by atoms with E-state index in [9.17, 15) is 0 Å². The molecule has 9 heteroatoms. The Hall–Kier alpha value is -3.56. The van der Waals surface area contributed by atoms with Crippen molar-refractivity contribution < 1.29 is 13.6 Å². The summed E-state index contributed by atoms with van der Waals surface area (Å²) in [7, 11) is 4.63. The number of quaternary nitrogens is 1. The van der Waals surface area contributed by atoms with Gasteiger partial charge in [0.25, 0.3) is 0 Å². The summed E-state index contributed by atoms with van der Waals surface area (Å²) in [4.78, 5) is 11.4. The third-order valence-corrected chi connectivity index (χ3v) is 8.21. The van der Waals surface area contributed by atoms with Crippen LogP contribution >= 0.6 is 0 Å². The topological polar surface area (TPSA) is 82.1 Å². The maximum Gasteiger partial charge on any atom is 0.164 e. The lowest BCUT2D eigenvalue weighted by Gasteiger charge is -2.44. The first-order valence-electron chi connectivity index (χ1n) is 13.5. The lowest BCUT2D eigenvalue weighted by Crippen LogP contribution is -2.57. The third kappa shape index (κ3) is 4.83. The van der Waals surface area contributed by atoms with Crippen LogP contribution in [0.3, 0.4) is 0 Å². The van der Waals surface area contributed by atoms with Crippen molar-refractivity contribution in [2.75, 3.05) is 46.0 Å². The molecule has 198 valence electrons. The van der Waals surface area contributed by atoms with Crippen molar-refractivity contribution in [2.24, 2.45) is 0 Å². The predicted octanol–water partition coefficient (Wildman–Crippen LogP) is 4.88. The van der Waals surface area contributed by atoms with Crippen molar-refractivity contribution in [3.05, 3.63) is 60.7 Å². The Bertz CT molecular complexity index is 1420. The Morgan fingerprint density at radius 3 is 2.34 bits per heavy atom. The van der Waals surface area contributed by atoms with Gasteiger partial charge in [0, 0.05) is 30.8 Å². The second-order valence-electron chi connectivity index (χ2n) is 11.2. The van der Waals surface area contributed by atoms with Gasteiger partial charge < -0.3 is 15.0 Å². The molecule has 0 atom stereocenters. The average molecular weight is 517 g/mol. The van der Waals surface area contributed by atoms with Gasteiger partial charge in [-0.2, -0.15) is 5.10 Å². The number of rotatable bonds is 5. The summed E-state index contributed by atoms with van der Waals surface area (Å²) in [5, 5.41) is 5.51. The number of anilines is 1. The van der Waals surface area contributed by atoms with Crippen LogP contribution in [0.25, 0.3) is 22.3 Å². The van der Waals surface area contributed by atoms with Crippen molar-refractivity contribution in [3.8, 4) is 22.8 Å². The second kappa shape index (κ2) is 9.96. The second-order valence-corrected chi connectivity index (χ2v) is 11.2. The number of nitrogens with zero attached hydrogens (tertiary/aromatic N) is 6. The van der Waals surface area contributed by atoms with E-state index in [0.717, 1.165) is 43.3 Å². The van der Waals surface area contributed by atoms with Gasteiger partial charge in [-0.25, -0.2) is 19.0 Å². The van der Waals surface area contributed by atoms with Gasteiger partial charge in [-0.1, -0.05) is 18.2 Å². The van der Waals surface area contributed by atoms with Crippen molar-refractivity contribution in [2.45, 2.75) is 37.8 Å². The summed E-state index contributed by atoms with van der Waals surface area (Å²) in [6.07, 6.45) is 5.72. The molecule has 1 aliphatic heterocycles. The molecule has 2 N–H and O–H groups in total. The van der Waals surface area contributed by atoms with E-state index in [1.54, 1.807) is 12.1 Å². The summed E-state index contributed by atoms with van der Waals surface area (Å²) in [5.74, 6) is 0.949. The van der Waals surface area contributed by atoms with Crippen LogP contribution in [0, 0.1) is 5.82 Å². The number of aromatic nitrogens is 4. The van der Waals surface area contributed by atoms with Gasteiger partial charge in [0.2, 0.25) is 0 Å². The molecule has 0 bridgehead atoms. The monoisotopic (exact) mass is 516 g/mol. The van der Waals surface area contributed by atoms with Gasteiger partial charge in [-0.05, 0) is 49.9 Å². The zero-order valence-corrected chi connectivity index (χ0v) is 22.1. The number of nitrogen functional groups attached to an aromatic ring is 1. The van der Waals surface area contributed by atoms with Crippen LogP contribution in [0.2, 0.25) is 0 Å². The number of piperazine rings is 1. The lowest BCUT2D eigenvalue weighted by molar-refractivity contribution is -0.894. The molecule has 2 aromatic heterocycles. The standard InChI is InChI=1S/C29H35FN7O/c1-37(2)16-14-35(15-17-37)20-8-10-21(11-9-20)36-29-26(28(31)32-19-33-29)27(34-36)24-13-12-23(18-25(24)30)38-22-6-4-3-5-7-22/h3-7,12-13,18-21H,8-11,14-17H2,1-2H3,(H2,31,32,33)/q+1/t20-,21-. The molecule has 3 heterocycles. The van der Waals surface area contributed by atoms with Crippen LogP contribution in [0.5, 0.6) is 11.5 Å². The Labute approximate surface area is 222 Å². The number of halogens is 1. The molecule has 0 unspecified atom stereocenters. The lowest BCUT2D eigenvalue weighted by atomic mass is 9.90. The SMILES string of the molecule is C[N+]1(C)CCN([C@H]2CC[C@H](n3nc(-c4ccc(Oc5ccccc5)cc4F)c4c(N)ncnc43)CC2)CC1. The van der Waals surface area contributed by atoms with Crippen LogP contribution in [0.1, 0.15) is 31.7 Å². The van der Waals surface area contributed by atoms with E-state index < -0.39 is 5.82 Å². The Morgan fingerprint density at radius 2 is 1.63 bits per heavy atom. The van der Waals surface area contributed by atoms with Crippen molar-refractivity contribution in [1.82, 2.24) is 24.6 Å². The largest absolute Gasteiger partial charge is 0.457 e. The molecule has 2 aliphatic rings. The van der Waals surface area contributed by atoms with Gasteiger partial charge in [-0.15, -0.1) is 0 Å². The molecule has 1 aliphatic carbocycles. The molecule has 2 fully saturated rings. The summed E-state index contributed by atoms with van der Waals surface area (Å²) in [6.45, 7) is 4.71. The van der Waals surface area contributed by atoms with Crippen LogP contribution in [-0.2, 0) is 0 Å². The zero-order valence-electron chi connectivity index (χ0n) is 22.1. The van der Waals surface area contributed by atoms with Crippen molar-refractivity contribution >= 4 is 16.9 Å². The zero-order chi connectivity index (χ0) is 26.3. The number of likely N-dealkylation sites (N-methyl/N-ethyl adjacent to an activating group) is 1. The minimum atomic E-state index is -0.427. The average Bonchev–Trinajstić information content (AvgIpc) is 3.30. The van der Waals surface area contributed by atoms with E-state index in [1.165, 1.54) is 25.5 Å². The van der Waals surface area contributed by atoms with E-state index in [-0.39, 0.29) is 6.04 Å². The fourth-order valence-electron chi connectivity index (χ4n) is 5.87. The first-order valence-corrected chi connectivity index (χ1v) is 13.5. The van der Waals surface area contributed by atoms with Crippen LogP contribution in [-0.4, -0.2) is 75.4 Å². The Morgan fingerprint density at radius 1 is 0.921 bits per heavy atom. The molecule has 0 amide bonds. The molecule has 1 saturated carbocycles. The Kier molecular flexibility index (Phi) is 6.49. The molecule has 8 nitrogen and oxygen atoms in total. The van der Waals surface area contributed by atoms with Crippen LogP contribution in [0.15, 0.2) is 54.9 Å². The molecule has 0 radical (unpaired) electrons. The van der Waals surface area contributed by atoms with Crippen LogP contribution in [0.4, 0.5) is 10.2 Å². The van der Waals surface area contributed by atoms with Crippen molar-refractivity contribution in [1.29, 1.82) is 0 Å². The fourth-order valence-corrected chi connectivity index (χ4v) is 5.87. The van der Waals surface area contributed by atoms with Gasteiger partial charge in [0.05, 0.1) is 38.6 Å². The van der Waals surface area contributed by atoms with E-state index in [4.69, 9.17) is 15.6 Å². The predicted molar refractivity (Wildman–Crippen MR) is 146 cm³/mol. The highest BCUT2D eigenvalue weighted by Gasteiger charge is 2.33. The number of hydrogen-bond acceptors (Lipinski definition) is 6. The van der Waals surface area contributed by atoms with E-state index >= 15 is 4.39 Å². The maximum absolute atomic E-state index is 15.4. The minimum Gasteiger partial charge on any atom is -0.457 e. The van der Waals surface area contributed by atoms with Gasteiger partial charge in [0.1, 0.15) is 35.2 Å². The highest BCUT2D eigenvalue weighted by atomic mass is 19.1. The molecule has 2 aromatic carbocycles. The normalized spacial score (nSPS) is 22.0. The van der Waals surface area contributed by atoms with E-state index in [2.05, 4.69) is 29.0 Å². The molecule has 1 saturated heterocycles. The number of benzene rings is 2. The smallest absolute Gasteiger partial charge is 0.164 e. The summed E-state index contributed by atoms with van der Waals surface area (Å²) in [6, 6.07) is 15.0. The number of ether oxygens (including phenoxy) is 1. The first kappa shape index (κ1) is 24.8. The fraction of sp³-hybridized carbons (Fsp3) is 0.414. The molecular weight excluding hydrogens is 481 g/mol. The van der Waals surface area contributed by atoms with E-state index in [0.29, 0.717) is 45.6 Å². The summed E-state index contributed by atoms with van der Waals surface area (Å²) in [5.41, 5.74) is 7.80. The van der Waals surface area contributed by atoms with E-state index in [1.807, 2.05) is 35.0 Å². The molecule has 4 aromatic rings. The number of nitrogens with two attached hydrogens (primary N) is 1. The highest BCUT2D eigenvalue weighted by molar-refractivity contribution is 5.98.